The number of nitrogens with one attached hydrogen (secondary N) is 1. The fraction of sp³-hybridized carbons (Fsp3) is 0.435. The fourth-order valence-electron chi connectivity index (χ4n) is 4.09. The molecule has 0 bridgehead atoms. The predicted molar refractivity (Wildman–Crippen MR) is 114 cm³/mol. The predicted octanol–water partition coefficient (Wildman–Crippen LogP) is 1.18. The third-order valence-corrected chi connectivity index (χ3v) is 5.84. The van der Waals surface area contributed by atoms with E-state index in [2.05, 4.69) is 11.0 Å². The topological polar surface area (TPSA) is 55.7 Å². The number of ether oxygens (including phenoxy) is 3. The number of para-hydroxylation sites is 2. The summed E-state index contributed by atoms with van der Waals surface area (Å²) in [6, 6.07) is 14.0. The maximum absolute atomic E-state index is 12.9. The van der Waals surface area contributed by atoms with Crippen molar-refractivity contribution in [2.45, 2.75) is 13.5 Å². The largest absolute Gasteiger partial charge is 0.495 e. The van der Waals surface area contributed by atoms with Crippen LogP contribution in [0, 0.1) is 0 Å². The number of carbonyl (C=O) groups is 1. The summed E-state index contributed by atoms with van der Waals surface area (Å²) in [5, 5.41) is 0. The SMILES string of the molecule is CCN(Cc1ccc2c(c1)OCO2)C(=O)C[NH+]1CCN(c2ccccc2OC)CC1. The number of benzene rings is 2. The maximum Gasteiger partial charge on any atom is 0.278 e. The Morgan fingerprint density at radius 2 is 1.90 bits per heavy atom. The highest BCUT2D eigenvalue weighted by Crippen LogP contribution is 2.32. The molecule has 0 radical (unpaired) electrons. The summed E-state index contributed by atoms with van der Waals surface area (Å²) in [5.74, 6) is 2.62. The van der Waals surface area contributed by atoms with Crippen LogP contribution in [0.1, 0.15) is 12.5 Å². The van der Waals surface area contributed by atoms with Crippen LogP contribution in [0.25, 0.3) is 0 Å². The second kappa shape index (κ2) is 9.26. The first-order valence-corrected chi connectivity index (χ1v) is 10.6. The number of quaternary nitrogens is 1. The molecule has 0 unspecified atom stereocenters. The average molecular weight is 413 g/mol. The molecule has 0 saturated carbocycles. The normalized spacial score (nSPS) is 15.9. The standard InChI is InChI=1S/C23H29N3O4/c1-3-25(15-18-8-9-21-22(14-18)30-17-29-21)23(27)16-24-10-12-26(13-11-24)19-6-4-5-7-20(19)28-2/h4-9,14H,3,10-13,15-17H2,1-2H3/p+1. The first-order valence-electron chi connectivity index (χ1n) is 10.6. The molecular formula is C23H30N3O4+. The highest BCUT2D eigenvalue weighted by Gasteiger charge is 2.26. The lowest BCUT2D eigenvalue weighted by Crippen LogP contribution is -3.15. The van der Waals surface area contributed by atoms with Gasteiger partial charge in [0.2, 0.25) is 6.79 Å². The smallest absolute Gasteiger partial charge is 0.278 e. The lowest BCUT2D eigenvalue weighted by molar-refractivity contribution is -0.892. The van der Waals surface area contributed by atoms with E-state index in [1.165, 1.54) is 4.90 Å². The van der Waals surface area contributed by atoms with Crippen molar-refractivity contribution < 1.29 is 23.9 Å². The summed E-state index contributed by atoms with van der Waals surface area (Å²) >= 11 is 0. The number of methoxy groups -OCH3 is 1. The van der Waals surface area contributed by atoms with Gasteiger partial charge < -0.3 is 28.9 Å². The van der Waals surface area contributed by atoms with Crippen molar-refractivity contribution in [1.29, 1.82) is 0 Å². The number of fused-ring (bicyclic) bond motifs is 1. The summed E-state index contributed by atoms with van der Waals surface area (Å²) in [7, 11) is 1.71. The number of likely N-dealkylation sites (N-methyl/N-ethyl adjacent to an activating group) is 1. The third-order valence-electron chi connectivity index (χ3n) is 5.84. The molecule has 7 heteroatoms. The summed E-state index contributed by atoms with van der Waals surface area (Å²) in [5.41, 5.74) is 2.19. The minimum absolute atomic E-state index is 0.191. The lowest BCUT2D eigenvalue weighted by Gasteiger charge is -2.34. The van der Waals surface area contributed by atoms with Gasteiger partial charge in [0.15, 0.2) is 18.0 Å². The van der Waals surface area contributed by atoms with E-state index in [-0.39, 0.29) is 12.7 Å². The molecule has 7 nitrogen and oxygen atoms in total. The zero-order chi connectivity index (χ0) is 20.9. The van der Waals surface area contributed by atoms with Crippen molar-refractivity contribution in [2.75, 3.05) is 58.1 Å². The van der Waals surface area contributed by atoms with Crippen LogP contribution in [-0.2, 0) is 11.3 Å². The zero-order valence-electron chi connectivity index (χ0n) is 17.7. The lowest BCUT2D eigenvalue weighted by atomic mass is 10.2. The second-order valence-electron chi connectivity index (χ2n) is 7.68. The molecule has 0 atom stereocenters. The Morgan fingerprint density at radius 3 is 2.67 bits per heavy atom. The van der Waals surface area contributed by atoms with E-state index < -0.39 is 0 Å². The number of nitrogens with zero attached hydrogens (tertiary/aromatic N) is 2. The van der Waals surface area contributed by atoms with Gasteiger partial charge >= 0.3 is 0 Å². The highest BCUT2D eigenvalue weighted by atomic mass is 16.7. The monoisotopic (exact) mass is 412 g/mol. The van der Waals surface area contributed by atoms with E-state index >= 15 is 0 Å². The first-order chi connectivity index (χ1) is 14.7. The van der Waals surface area contributed by atoms with Gasteiger partial charge in [0.1, 0.15) is 5.75 Å². The van der Waals surface area contributed by atoms with Crippen molar-refractivity contribution >= 4 is 11.6 Å². The number of hydrogen-bond donors (Lipinski definition) is 1. The number of hydrogen-bond acceptors (Lipinski definition) is 5. The van der Waals surface area contributed by atoms with E-state index in [9.17, 15) is 4.79 Å². The van der Waals surface area contributed by atoms with E-state index in [1.54, 1.807) is 7.11 Å². The number of piperazine rings is 1. The third kappa shape index (κ3) is 4.46. The Morgan fingerprint density at radius 1 is 1.13 bits per heavy atom. The minimum atomic E-state index is 0.191. The van der Waals surface area contributed by atoms with Gasteiger partial charge in [-0.2, -0.15) is 0 Å². The molecule has 30 heavy (non-hydrogen) atoms. The molecule has 0 spiro atoms. The molecule has 2 aliphatic rings. The van der Waals surface area contributed by atoms with Crippen LogP contribution in [0.5, 0.6) is 17.2 Å². The first kappa shape index (κ1) is 20.3. The van der Waals surface area contributed by atoms with Crippen LogP contribution >= 0.6 is 0 Å². The molecule has 1 fully saturated rings. The van der Waals surface area contributed by atoms with Gasteiger partial charge in [-0.25, -0.2) is 0 Å². The van der Waals surface area contributed by atoms with E-state index in [1.807, 2.05) is 48.2 Å². The number of carbonyl (C=O) groups excluding carboxylic acids is 1. The molecule has 160 valence electrons. The van der Waals surface area contributed by atoms with Crippen molar-refractivity contribution in [3.63, 3.8) is 0 Å². The molecule has 0 aliphatic carbocycles. The number of rotatable bonds is 7. The molecule has 1 saturated heterocycles. The summed E-state index contributed by atoms with van der Waals surface area (Å²) in [6.07, 6.45) is 0. The Hall–Kier alpha value is -2.93. The molecule has 2 aromatic carbocycles. The van der Waals surface area contributed by atoms with Gasteiger partial charge in [0, 0.05) is 13.1 Å². The maximum atomic E-state index is 12.9. The van der Waals surface area contributed by atoms with Gasteiger partial charge in [-0.1, -0.05) is 18.2 Å². The molecule has 1 amide bonds. The van der Waals surface area contributed by atoms with Crippen LogP contribution in [-0.4, -0.2) is 64.0 Å². The van der Waals surface area contributed by atoms with Gasteiger partial charge in [-0.15, -0.1) is 0 Å². The molecule has 2 aliphatic heterocycles. The Labute approximate surface area is 177 Å². The quantitative estimate of drug-likeness (QED) is 0.740. The summed E-state index contributed by atoms with van der Waals surface area (Å²) in [6.45, 7) is 7.79. The molecule has 2 heterocycles. The summed E-state index contributed by atoms with van der Waals surface area (Å²) < 4.78 is 16.3. The zero-order valence-corrected chi connectivity index (χ0v) is 17.7. The highest BCUT2D eigenvalue weighted by molar-refractivity contribution is 5.77. The van der Waals surface area contributed by atoms with Crippen LogP contribution in [0.15, 0.2) is 42.5 Å². The Bertz CT molecular complexity index is 881. The van der Waals surface area contributed by atoms with Crippen LogP contribution < -0.4 is 24.0 Å². The summed E-state index contributed by atoms with van der Waals surface area (Å²) in [4.78, 5) is 18.5. The Kier molecular flexibility index (Phi) is 6.28. The molecular weight excluding hydrogens is 382 g/mol. The molecule has 1 N–H and O–H groups in total. The van der Waals surface area contributed by atoms with Crippen LogP contribution in [0.4, 0.5) is 5.69 Å². The molecule has 0 aromatic heterocycles. The van der Waals surface area contributed by atoms with Crippen molar-refractivity contribution in [3.8, 4) is 17.2 Å². The van der Waals surface area contributed by atoms with E-state index in [0.717, 1.165) is 54.7 Å². The van der Waals surface area contributed by atoms with E-state index in [0.29, 0.717) is 19.6 Å². The second-order valence-corrected chi connectivity index (χ2v) is 7.68. The van der Waals surface area contributed by atoms with Crippen molar-refractivity contribution in [3.05, 3.63) is 48.0 Å². The van der Waals surface area contributed by atoms with Gasteiger partial charge in [-0.3, -0.25) is 4.79 Å². The Balaban J connectivity index is 1.31. The van der Waals surface area contributed by atoms with Crippen molar-refractivity contribution in [1.82, 2.24) is 4.90 Å². The van der Waals surface area contributed by atoms with Gasteiger partial charge in [-0.05, 0) is 36.8 Å². The van der Waals surface area contributed by atoms with Gasteiger partial charge in [0.05, 0.1) is 39.0 Å². The number of amides is 1. The minimum Gasteiger partial charge on any atom is -0.495 e. The molecule has 4 rings (SSSR count). The van der Waals surface area contributed by atoms with Crippen molar-refractivity contribution in [2.24, 2.45) is 0 Å². The molecule has 2 aromatic rings. The van der Waals surface area contributed by atoms with Crippen LogP contribution in [0.3, 0.4) is 0 Å². The average Bonchev–Trinajstić information content (AvgIpc) is 3.26. The van der Waals surface area contributed by atoms with Gasteiger partial charge in [0.25, 0.3) is 5.91 Å². The number of anilines is 1. The van der Waals surface area contributed by atoms with Crippen LogP contribution in [0.2, 0.25) is 0 Å². The van der Waals surface area contributed by atoms with E-state index in [4.69, 9.17) is 14.2 Å². The fourth-order valence-corrected chi connectivity index (χ4v) is 4.09.